The van der Waals surface area contributed by atoms with Crippen molar-refractivity contribution in [3.05, 3.63) is 113 Å². The first-order valence-electron chi connectivity index (χ1n) is 12.1. The summed E-state index contributed by atoms with van der Waals surface area (Å²) < 4.78 is 15.5. The van der Waals surface area contributed by atoms with Gasteiger partial charge in [-0.05, 0) is 55.8 Å². The van der Waals surface area contributed by atoms with Crippen molar-refractivity contribution in [2.24, 2.45) is 0 Å². The second kappa shape index (κ2) is 9.99. The van der Waals surface area contributed by atoms with E-state index in [1.807, 2.05) is 50.2 Å². The number of aliphatic hydroxyl groups is 1. The molecule has 0 saturated heterocycles. The van der Waals surface area contributed by atoms with Crippen LogP contribution in [0, 0.1) is 12.7 Å². The van der Waals surface area contributed by atoms with E-state index in [0.29, 0.717) is 34.7 Å². The van der Waals surface area contributed by atoms with Gasteiger partial charge in [-0.3, -0.25) is 14.5 Å². The molecule has 0 radical (unpaired) electrons. The Morgan fingerprint density at radius 2 is 1.78 bits per heavy atom. The van der Waals surface area contributed by atoms with Gasteiger partial charge in [0.1, 0.15) is 17.7 Å². The topological polar surface area (TPSA) is 87.5 Å². The van der Waals surface area contributed by atoms with Gasteiger partial charge in [0.15, 0.2) is 0 Å². The first-order valence-corrected chi connectivity index (χ1v) is 12.1. The van der Waals surface area contributed by atoms with Crippen molar-refractivity contribution >= 4 is 17.6 Å². The van der Waals surface area contributed by atoms with E-state index >= 15 is 0 Å². The fraction of sp³-hybridized carbons (Fsp3) is 0.207. The highest BCUT2D eigenvalue weighted by Crippen LogP contribution is 2.43. The highest BCUT2D eigenvalue weighted by molar-refractivity contribution is 6.05. The Labute approximate surface area is 214 Å². The zero-order valence-electron chi connectivity index (χ0n) is 20.6. The first kappa shape index (κ1) is 24.4. The Kier molecular flexibility index (Phi) is 6.58. The number of aliphatic hydroxyl groups excluding tert-OH is 1. The molecule has 0 aliphatic carbocycles. The number of carbonyl (C=O) groups is 2. The van der Waals surface area contributed by atoms with E-state index in [4.69, 9.17) is 0 Å². The summed E-state index contributed by atoms with van der Waals surface area (Å²) in [5, 5.41) is 18.0. The molecule has 8 heteroatoms. The van der Waals surface area contributed by atoms with Gasteiger partial charge in [0.05, 0.1) is 18.0 Å². The third-order valence-corrected chi connectivity index (χ3v) is 6.67. The molecule has 4 aromatic rings. The Morgan fingerprint density at radius 3 is 2.43 bits per heavy atom. The van der Waals surface area contributed by atoms with Crippen molar-refractivity contribution in [1.82, 2.24) is 15.1 Å². The molecule has 37 heavy (non-hydrogen) atoms. The number of likely N-dealkylation sites (N-methyl/N-ethyl adjacent to an activating group) is 1. The first-order chi connectivity index (χ1) is 17.9. The molecule has 0 unspecified atom stereocenters. The summed E-state index contributed by atoms with van der Waals surface area (Å²) in [6.45, 7) is 3.69. The number of halogens is 1. The normalized spacial score (nSPS) is 17.0. The lowest BCUT2D eigenvalue weighted by atomic mass is 9.81. The average molecular weight is 499 g/mol. The fourth-order valence-corrected chi connectivity index (χ4v) is 4.98. The third kappa shape index (κ3) is 4.40. The highest BCUT2D eigenvalue weighted by atomic mass is 19.1. The van der Waals surface area contributed by atoms with Crippen molar-refractivity contribution in [3.63, 3.8) is 0 Å². The van der Waals surface area contributed by atoms with Crippen LogP contribution in [0.1, 0.15) is 45.6 Å². The van der Waals surface area contributed by atoms with Crippen molar-refractivity contribution in [1.29, 1.82) is 0 Å². The predicted molar refractivity (Wildman–Crippen MR) is 138 cm³/mol. The number of aromatic nitrogens is 2. The molecular weight excluding hydrogens is 471 g/mol. The lowest BCUT2D eigenvalue weighted by Crippen LogP contribution is -2.55. The Hall–Kier alpha value is -4.30. The molecule has 2 N–H and O–H groups in total. The molecule has 3 aromatic carbocycles. The number of aryl methyl sites for hydroxylation is 1. The quantitative estimate of drug-likeness (QED) is 0.419. The Balaban J connectivity index is 1.71. The molecule has 7 nitrogen and oxygen atoms in total. The van der Waals surface area contributed by atoms with Crippen LogP contribution in [0.15, 0.2) is 78.9 Å². The molecule has 0 saturated carbocycles. The van der Waals surface area contributed by atoms with E-state index in [1.165, 1.54) is 12.1 Å². The Morgan fingerprint density at radius 1 is 1.05 bits per heavy atom. The number of nitrogens with zero attached hydrogens (tertiary/aromatic N) is 3. The molecule has 2 amide bonds. The van der Waals surface area contributed by atoms with Crippen LogP contribution in [0.2, 0.25) is 0 Å². The van der Waals surface area contributed by atoms with Crippen LogP contribution in [0.5, 0.6) is 0 Å². The van der Waals surface area contributed by atoms with Crippen LogP contribution >= 0.6 is 0 Å². The number of carbonyl (C=O) groups excluding carboxylic acids is 2. The smallest absolute Gasteiger partial charge is 0.251 e. The van der Waals surface area contributed by atoms with Gasteiger partial charge in [-0.1, -0.05) is 48.0 Å². The number of amides is 2. The minimum Gasteiger partial charge on any atom is -0.390 e. The molecule has 2 heterocycles. The number of fused-ring (bicyclic) bond motifs is 1. The predicted octanol–water partition coefficient (Wildman–Crippen LogP) is 4.11. The molecule has 1 aliphatic rings. The third-order valence-electron chi connectivity index (χ3n) is 6.67. The number of rotatable bonds is 6. The number of para-hydroxylation sites is 1. The maximum Gasteiger partial charge on any atom is 0.251 e. The standard InChI is InChI=1S/C29H27FN4O3/c1-3-33-28-25(23(17-35)32-34(28)22-10-5-4-6-11-22)24(19-12-14-21(30)15-13-19)26(29(33)37)31-27(36)20-9-7-8-18(2)16-20/h4-16,24,26,35H,3,17H2,1-2H3,(H,31,36)/t24-,26-/m0/s1. The number of nitrogens with one attached hydrogen (secondary N) is 1. The van der Waals surface area contributed by atoms with Crippen molar-refractivity contribution in [3.8, 4) is 5.69 Å². The van der Waals surface area contributed by atoms with Gasteiger partial charge >= 0.3 is 0 Å². The lowest BCUT2D eigenvalue weighted by molar-refractivity contribution is -0.121. The van der Waals surface area contributed by atoms with Crippen LogP contribution in [0.4, 0.5) is 10.2 Å². The number of anilines is 1. The van der Waals surface area contributed by atoms with Gasteiger partial charge in [-0.15, -0.1) is 0 Å². The van der Waals surface area contributed by atoms with Crippen molar-refractivity contribution < 1.29 is 19.1 Å². The van der Waals surface area contributed by atoms with Crippen molar-refractivity contribution in [2.75, 3.05) is 11.4 Å². The Bertz CT molecular complexity index is 1450. The second-order valence-electron chi connectivity index (χ2n) is 9.02. The van der Waals surface area contributed by atoms with Gasteiger partial charge in [-0.25, -0.2) is 9.07 Å². The molecule has 0 bridgehead atoms. The molecule has 2 atom stereocenters. The summed E-state index contributed by atoms with van der Waals surface area (Å²) in [6.07, 6.45) is 0. The van der Waals surface area contributed by atoms with E-state index in [9.17, 15) is 19.1 Å². The van der Waals surface area contributed by atoms with E-state index in [1.54, 1.807) is 39.9 Å². The largest absolute Gasteiger partial charge is 0.390 e. The molecule has 188 valence electrons. The van der Waals surface area contributed by atoms with Crippen LogP contribution in [-0.2, 0) is 11.4 Å². The number of hydrogen-bond acceptors (Lipinski definition) is 4. The van der Waals surface area contributed by atoms with E-state index in [-0.39, 0.29) is 12.5 Å². The molecule has 5 rings (SSSR count). The molecule has 0 fully saturated rings. The van der Waals surface area contributed by atoms with E-state index in [0.717, 1.165) is 11.3 Å². The molecular formula is C29H27FN4O3. The summed E-state index contributed by atoms with van der Waals surface area (Å²) in [7, 11) is 0. The minimum atomic E-state index is -0.996. The lowest BCUT2D eigenvalue weighted by Gasteiger charge is -2.38. The minimum absolute atomic E-state index is 0.313. The summed E-state index contributed by atoms with van der Waals surface area (Å²) in [5.74, 6) is -1.29. The fourth-order valence-electron chi connectivity index (χ4n) is 4.98. The van der Waals surface area contributed by atoms with Gasteiger partial charge in [0, 0.05) is 23.6 Å². The van der Waals surface area contributed by atoms with Gasteiger partial charge in [-0.2, -0.15) is 5.10 Å². The van der Waals surface area contributed by atoms with E-state index < -0.39 is 23.7 Å². The molecule has 1 aliphatic heterocycles. The summed E-state index contributed by atoms with van der Waals surface area (Å²) in [5.41, 5.74) is 3.71. The van der Waals surface area contributed by atoms with Crippen LogP contribution in [-0.4, -0.2) is 39.3 Å². The molecule has 1 aromatic heterocycles. The maximum absolute atomic E-state index is 14.0. The van der Waals surface area contributed by atoms with Gasteiger partial charge in [0.25, 0.3) is 11.8 Å². The maximum atomic E-state index is 14.0. The SMILES string of the molecule is CCN1C(=O)[C@@H](NC(=O)c2cccc(C)c2)[C@@H](c2ccc(F)cc2)c2c(CO)nn(-c3ccccc3)c21. The second-order valence-corrected chi connectivity index (χ2v) is 9.02. The average Bonchev–Trinajstić information content (AvgIpc) is 3.29. The van der Waals surface area contributed by atoms with E-state index in [2.05, 4.69) is 10.4 Å². The molecule has 0 spiro atoms. The number of hydrogen-bond donors (Lipinski definition) is 2. The van der Waals surface area contributed by atoms with Crippen LogP contribution < -0.4 is 10.2 Å². The van der Waals surface area contributed by atoms with Crippen molar-refractivity contribution in [2.45, 2.75) is 32.4 Å². The zero-order valence-corrected chi connectivity index (χ0v) is 20.6. The zero-order chi connectivity index (χ0) is 26.1. The van der Waals surface area contributed by atoms with Gasteiger partial charge in [0.2, 0.25) is 0 Å². The highest BCUT2D eigenvalue weighted by Gasteiger charge is 2.46. The monoisotopic (exact) mass is 498 g/mol. The van der Waals surface area contributed by atoms with Crippen LogP contribution in [0.3, 0.4) is 0 Å². The summed E-state index contributed by atoms with van der Waals surface area (Å²) in [4.78, 5) is 28.9. The summed E-state index contributed by atoms with van der Waals surface area (Å²) in [6, 6.07) is 21.3. The van der Waals surface area contributed by atoms with Gasteiger partial charge < -0.3 is 10.4 Å². The van der Waals surface area contributed by atoms with Crippen LogP contribution in [0.25, 0.3) is 5.69 Å². The summed E-state index contributed by atoms with van der Waals surface area (Å²) >= 11 is 0. The number of benzene rings is 3.